The third-order valence-corrected chi connectivity index (χ3v) is 3.95. The van der Waals surface area contributed by atoms with E-state index in [-0.39, 0.29) is 30.7 Å². The number of carbonyl (C=O) groups excluding carboxylic acids is 2. The summed E-state index contributed by atoms with van der Waals surface area (Å²) in [4.78, 5) is 25.6. The Morgan fingerprint density at radius 3 is 2.57 bits per heavy atom. The van der Waals surface area contributed by atoms with E-state index in [1.165, 1.54) is 7.11 Å². The van der Waals surface area contributed by atoms with Crippen molar-refractivity contribution in [1.29, 1.82) is 0 Å². The summed E-state index contributed by atoms with van der Waals surface area (Å²) in [7, 11) is 1.38. The van der Waals surface area contributed by atoms with Crippen molar-refractivity contribution in [2.24, 2.45) is 0 Å². The summed E-state index contributed by atoms with van der Waals surface area (Å²) in [6, 6.07) is 0.273. The number of carbonyl (C=O) groups is 2. The maximum Gasteiger partial charge on any atom is 0.410 e. The van der Waals surface area contributed by atoms with Gasteiger partial charge in [0.25, 0.3) is 0 Å². The number of hydrogen-bond donors (Lipinski definition) is 1. The van der Waals surface area contributed by atoms with E-state index >= 15 is 0 Å². The molecule has 6 heteroatoms. The highest BCUT2D eigenvalue weighted by Crippen LogP contribution is 2.23. The van der Waals surface area contributed by atoms with Crippen LogP contribution in [-0.2, 0) is 14.3 Å². The van der Waals surface area contributed by atoms with Crippen molar-refractivity contribution in [3.63, 3.8) is 0 Å². The van der Waals surface area contributed by atoms with Crippen LogP contribution in [-0.4, -0.2) is 54.8 Å². The second kappa shape index (κ2) is 9.11. The van der Waals surface area contributed by atoms with Crippen LogP contribution in [0.25, 0.3) is 0 Å². The Balaban J connectivity index is 2.63. The molecule has 1 heterocycles. The van der Waals surface area contributed by atoms with Crippen molar-refractivity contribution < 1.29 is 19.1 Å². The SMILES string of the molecule is COC(=O)CNC(C)CC1CCCCCN1C(=O)OC(C)(C)C. The summed E-state index contributed by atoms with van der Waals surface area (Å²) in [5.74, 6) is -0.276. The Morgan fingerprint density at radius 1 is 1.26 bits per heavy atom. The van der Waals surface area contributed by atoms with Gasteiger partial charge in [0.1, 0.15) is 5.60 Å². The normalized spacial score (nSPS) is 20.6. The van der Waals surface area contributed by atoms with Gasteiger partial charge in [-0.2, -0.15) is 0 Å². The molecule has 0 aromatic rings. The first-order chi connectivity index (χ1) is 10.7. The molecule has 1 aliphatic heterocycles. The van der Waals surface area contributed by atoms with Crippen LogP contribution in [0.4, 0.5) is 4.79 Å². The zero-order chi connectivity index (χ0) is 17.5. The Hall–Kier alpha value is -1.30. The van der Waals surface area contributed by atoms with Crippen LogP contribution in [0.15, 0.2) is 0 Å². The zero-order valence-corrected chi connectivity index (χ0v) is 15.2. The number of hydrogen-bond acceptors (Lipinski definition) is 5. The summed E-state index contributed by atoms with van der Waals surface area (Å²) >= 11 is 0. The van der Waals surface area contributed by atoms with Crippen LogP contribution in [0.5, 0.6) is 0 Å². The highest BCUT2D eigenvalue weighted by molar-refractivity contribution is 5.71. The average Bonchev–Trinajstić information content (AvgIpc) is 2.68. The summed E-state index contributed by atoms with van der Waals surface area (Å²) in [5.41, 5.74) is -0.483. The maximum atomic E-state index is 12.5. The van der Waals surface area contributed by atoms with Crippen molar-refractivity contribution in [3.05, 3.63) is 0 Å². The van der Waals surface area contributed by atoms with E-state index < -0.39 is 5.60 Å². The Bertz CT molecular complexity index is 393. The molecule has 1 fully saturated rings. The number of likely N-dealkylation sites (tertiary alicyclic amines) is 1. The van der Waals surface area contributed by atoms with Gasteiger partial charge >= 0.3 is 12.1 Å². The van der Waals surface area contributed by atoms with Crippen LogP contribution >= 0.6 is 0 Å². The van der Waals surface area contributed by atoms with Crippen molar-refractivity contribution in [2.45, 2.75) is 77.5 Å². The van der Waals surface area contributed by atoms with Crippen LogP contribution in [0.3, 0.4) is 0 Å². The molecule has 23 heavy (non-hydrogen) atoms. The molecule has 0 aromatic carbocycles. The molecule has 0 aliphatic carbocycles. The molecular formula is C17H32N2O4. The number of nitrogens with zero attached hydrogens (tertiary/aromatic N) is 1. The second-order valence-corrected chi connectivity index (χ2v) is 7.27. The molecule has 2 unspecified atom stereocenters. The number of rotatable bonds is 5. The van der Waals surface area contributed by atoms with E-state index in [9.17, 15) is 9.59 Å². The van der Waals surface area contributed by atoms with Crippen LogP contribution < -0.4 is 5.32 Å². The van der Waals surface area contributed by atoms with Gasteiger partial charge in [0, 0.05) is 18.6 Å². The third kappa shape index (κ3) is 7.68. The Labute approximate surface area is 139 Å². The van der Waals surface area contributed by atoms with Gasteiger partial charge < -0.3 is 19.7 Å². The topological polar surface area (TPSA) is 67.9 Å². The number of amides is 1. The predicted octanol–water partition coefficient (Wildman–Crippen LogP) is 2.71. The zero-order valence-electron chi connectivity index (χ0n) is 15.2. The first kappa shape index (κ1) is 19.7. The Kier molecular flexibility index (Phi) is 7.82. The molecule has 1 aliphatic rings. The highest BCUT2D eigenvalue weighted by atomic mass is 16.6. The molecule has 0 saturated carbocycles. The highest BCUT2D eigenvalue weighted by Gasteiger charge is 2.30. The minimum atomic E-state index is -0.483. The van der Waals surface area contributed by atoms with E-state index in [4.69, 9.17) is 4.74 Å². The molecule has 0 bridgehead atoms. The molecule has 0 spiro atoms. The number of nitrogens with one attached hydrogen (secondary N) is 1. The molecular weight excluding hydrogens is 296 g/mol. The third-order valence-electron chi connectivity index (χ3n) is 3.95. The van der Waals surface area contributed by atoms with Crippen molar-refractivity contribution in [3.8, 4) is 0 Å². The summed E-state index contributed by atoms with van der Waals surface area (Å²) in [6.45, 7) is 8.62. The fourth-order valence-corrected chi connectivity index (χ4v) is 2.80. The van der Waals surface area contributed by atoms with Gasteiger partial charge in [-0.1, -0.05) is 12.8 Å². The van der Waals surface area contributed by atoms with E-state index in [0.29, 0.717) is 0 Å². The standard InChI is InChI=1S/C17H32N2O4/c1-13(18-12-15(20)22-5)11-14-9-7-6-8-10-19(14)16(21)23-17(2,3)4/h13-14,18H,6-12H2,1-5H3. The van der Waals surface area contributed by atoms with Crippen molar-refractivity contribution in [1.82, 2.24) is 10.2 Å². The van der Waals surface area contributed by atoms with Gasteiger partial charge in [-0.15, -0.1) is 0 Å². The van der Waals surface area contributed by atoms with Gasteiger partial charge in [0.05, 0.1) is 13.7 Å². The first-order valence-corrected chi connectivity index (χ1v) is 8.52. The van der Waals surface area contributed by atoms with E-state index in [1.807, 2.05) is 32.6 Å². The number of esters is 1. The largest absolute Gasteiger partial charge is 0.468 e. The van der Waals surface area contributed by atoms with Gasteiger partial charge in [-0.25, -0.2) is 4.79 Å². The van der Waals surface area contributed by atoms with Gasteiger partial charge in [0.15, 0.2) is 0 Å². The van der Waals surface area contributed by atoms with Crippen LogP contribution in [0.2, 0.25) is 0 Å². The molecule has 2 atom stereocenters. The smallest absolute Gasteiger partial charge is 0.410 e. The van der Waals surface area contributed by atoms with Gasteiger partial charge in [-0.05, 0) is 47.0 Å². The lowest BCUT2D eigenvalue weighted by Crippen LogP contribution is -2.46. The fourth-order valence-electron chi connectivity index (χ4n) is 2.80. The second-order valence-electron chi connectivity index (χ2n) is 7.27. The summed E-state index contributed by atoms with van der Waals surface area (Å²) < 4.78 is 10.2. The molecule has 0 aromatic heterocycles. The van der Waals surface area contributed by atoms with E-state index in [2.05, 4.69) is 10.1 Å². The predicted molar refractivity (Wildman–Crippen MR) is 89.3 cm³/mol. The monoisotopic (exact) mass is 328 g/mol. The number of methoxy groups -OCH3 is 1. The van der Waals surface area contributed by atoms with E-state index in [1.54, 1.807) is 0 Å². The molecule has 6 nitrogen and oxygen atoms in total. The minimum Gasteiger partial charge on any atom is -0.468 e. The van der Waals surface area contributed by atoms with Gasteiger partial charge in [0.2, 0.25) is 0 Å². The van der Waals surface area contributed by atoms with Gasteiger partial charge in [-0.3, -0.25) is 4.79 Å². The molecule has 0 radical (unpaired) electrons. The quantitative estimate of drug-likeness (QED) is 0.786. The van der Waals surface area contributed by atoms with Crippen molar-refractivity contribution in [2.75, 3.05) is 20.2 Å². The molecule has 1 saturated heterocycles. The molecule has 134 valence electrons. The summed E-state index contributed by atoms with van der Waals surface area (Å²) in [5, 5.41) is 3.16. The average molecular weight is 328 g/mol. The fraction of sp³-hybridized carbons (Fsp3) is 0.882. The van der Waals surface area contributed by atoms with Crippen molar-refractivity contribution >= 4 is 12.1 Å². The molecule has 1 rings (SSSR count). The lowest BCUT2D eigenvalue weighted by molar-refractivity contribution is -0.139. The molecule has 1 N–H and O–H groups in total. The lowest BCUT2D eigenvalue weighted by atomic mass is 10.0. The summed E-state index contributed by atoms with van der Waals surface area (Å²) in [6.07, 6.45) is 4.82. The minimum absolute atomic E-state index is 0.127. The molecule has 1 amide bonds. The van der Waals surface area contributed by atoms with E-state index in [0.717, 1.165) is 38.6 Å². The first-order valence-electron chi connectivity index (χ1n) is 8.52. The lowest BCUT2D eigenvalue weighted by Gasteiger charge is -2.33. The Morgan fingerprint density at radius 2 is 1.96 bits per heavy atom. The maximum absolute atomic E-state index is 12.5. The van der Waals surface area contributed by atoms with Crippen LogP contribution in [0.1, 0.15) is 59.8 Å². The van der Waals surface area contributed by atoms with Crippen LogP contribution in [0, 0.1) is 0 Å². The number of ether oxygens (including phenoxy) is 2.